The Bertz CT molecular complexity index is 309. The first-order valence-electron chi connectivity index (χ1n) is 6.51. The standard InChI is InChI=1S/C14H25NOS/c1-5-12(4)16-10-14-7-6-13(17-14)9-15-8-11(2)3/h6-7,11-12,15H,5,8-10H2,1-4H3. The van der Waals surface area contributed by atoms with Crippen LogP contribution in [0.2, 0.25) is 0 Å². The molecule has 0 saturated heterocycles. The first-order chi connectivity index (χ1) is 8.11. The molecule has 0 aromatic carbocycles. The Morgan fingerprint density at radius 1 is 1.24 bits per heavy atom. The van der Waals surface area contributed by atoms with Gasteiger partial charge < -0.3 is 10.1 Å². The molecule has 1 rings (SSSR count). The van der Waals surface area contributed by atoms with Crippen molar-refractivity contribution in [3.63, 3.8) is 0 Å². The fourth-order valence-corrected chi connectivity index (χ4v) is 2.33. The Balaban J connectivity index is 2.27. The van der Waals surface area contributed by atoms with E-state index in [1.165, 1.54) is 9.75 Å². The Kier molecular flexibility index (Phi) is 6.78. The van der Waals surface area contributed by atoms with Crippen LogP contribution < -0.4 is 5.32 Å². The zero-order valence-electron chi connectivity index (χ0n) is 11.5. The second-order valence-corrected chi connectivity index (χ2v) is 6.18. The average molecular weight is 255 g/mol. The van der Waals surface area contributed by atoms with Crippen LogP contribution in [0.25, 0.3) is 0 Å². The molecule has 0 bridgehead atoms. The van der Waals surface area contributed by atoms with Crippen molar-refractivity contribution in [1.82, 2.24) is 5.32 Å². The van der Waals surface area contributed by atoms with E-state index in [4.69, 9.17) is 4.74 Å². The molecule has 1 aromatic heterocycles. The fraction of sp³-hybridized carbons (Fsp3) is 0.714. The van der Waals surface area contributed by atoms with Gasteiger partial charge in [0.05, 0.1) is 12.7 Å². The number of nitrogens with one attached hydrogen (secondary N) is 1. The molecule has 0 fully saturated rings. The maximum Gasteiger partial charge on any atom is 0.0813 e. The summed E-state index contributed by atoms with van der Waals surface area (Å²) in [6.07, 6.45) is 1.44. The number of ether oxygens (including phenoxy) is 1. The summed E-state index contributed by atoms with van der Waals surface area (Å²) in [6.45, 7) is 11.5. The van der Waals surface area contributed by atoms with Gasteiger partial charge in [-0.1, -0.05) is 20.8 Å². The lowest BCUT2D eigenvalue weighted by Crippen LogP contribution is -2.18. The number of hydrogen-bond acceptors (Lipinski definition) is 3. The topological polar surface area (TPSA) is 21.3 Å². The predicted molar refractivity (Wildman–Crippen MR) is 75.4 cm³/mol. The summed E-state index contributed by atoms with van der Waals surface area (Å²) in [5.74, 6) is 0.711. The zero-order valence-corrected chi connectivity index (χ0v) is 12.3. The highest BCUT2D eigenvalue weighted by molar-refractivity contribution is 7.11. The van der Waals surface area contributed by atoms with Crippen molar-refractivity contribution < 1.29 is 4.74 Å². The van der Waals surface area contributed by atoms with Crippen molar-refractivity contribution >= 4 is 11.3 Å². The Labute approximate surface area is 109 Å². The van der Waals surface area contributed by atoms with Gasteiger partial charge >= 0.3 is 0 Å². The molecule has 98 valence electrons. The van der Waals surface area contributed by atoms with Gasteiger partial charge in [0.25, 0.3) is 0 Å². The molecule has 17 heavy (non-hydrogen) atoms. The molecule has 0 amide bonds. The average Bonchev–Trinajstić information content (AvgIpc) is 2.73. The lowest BCUT2D eigenvalue weighted by Gasteiger charge is -2.08. The van der Waals surface area contributed by atoms with Gasteiger partial charge in [-0.3, -0.25) is 0 Å². The number of rotatable bonds is 8. The van der Waals surface area contributed by atoms with Crippen LogP contribution in [0.1, 0.15) is 43.9 Å². The molecule has 2 nitrogen and oxygen atoms in total. The third kappa shape index (κ3) is 6.20. The molecule has 1 atom stereocenters. The minimum atomic E-state index is 0.361. The van der Waals surface area contributed by atoms with Gasteiger partial charge in [0.2, 0.25) is 0 Å². The largest absolute Gasteiger partial charge is 0.373 e. The van der Waals surface area contributed by atoms with Crippen LogP contribution in [0, 0.1) is 5.92 Å². The van der Waals surface area contributed by atoms with E-state index < -0.39 is 0 Å². The summed E-state index contributed by atoms with van der Waals surface area (Å²) in [5, 5.41) is 3.46. The van der Waals surface area contributed by atoms with E-state index in [-0.39, 0.29) is 0 Å². The molecule has 0 aliphatic carbocycles. The van der Waals surface area contributed by atoms with Crippen LogP contribution in [0.15, 0.2) is 12.1 Å². The highest BCUT2D eigenvalue weighted by Crippen LogP contribution is 2.18. The second-order valence-electron chi connectivity index (χ2n) is 4.92. The van der Waals surface area contributed by atoms with Crippen molar-refractivity contribution in [2.75, 3.05) is 6.54 Å². The summed E-state index contributed by atoms with van der Waals surface area (Å²) in [7, 11) is 0. The molecule has 1 aromatic rings. The zero-order chi connectivity index (χ0) is 12.7. The van der Waals surface area contributed by atoms with E-state index in [1.54, 1.807) is 0 Å². The number of hydrogen-bond donors (Lipinski definition) is 1. The predicted octanol–water partition coefficient (Wildman–Crippen LogP) is 3.81. The monoisotopic (exact) mass is 255 g/mol. The van der Waals surface area contributed by atoms with Crippen LogP contribution in [0.4, 0.5) is 0 Å². The third-order valence-electron chi connectivity index (χ3n) is 2.65. The highest BCUT2D eigenvalue weighted by Gasteiger charge is 2.03. The van der Waals surface area contributed by atoms with Gasteiger partial charge in [-0.25, -0.2) is 0 Å². The second kappa shape index (κ2) is 7.85. The SMILES string of the molecule is CCC(C)OCc1ccc(CNCC(C)C)s1. The molecule has 1 N–H and O–H groups in total. The Morgan fingerprint density at radius 2 is 1.94 bits per heavy atom. The van der Waals surface area contributed by atoms with E-state index in [0.29, 0.717) is 12.0 Å². The lowest BCUT2D eigenvalue weighted by molar-refractivity contribution is 0.0525. The normalized spacial score (nSPS) is 13.2. The molecule has 0 radical (unpaired) electrons. The van der Waals surface area contributed by atoms with E-state index in [0.717, 1.165) is 26.1 Å². The molecule has 1 unspecified atom stereocenters. The first kappa shape index (κ1) is 14.7. The lowest BCUT2D eigenvalue weighted by atomic mass is 10.2. The van der Waals surface area contributed by atoms with Crippen molar-refractivity contribution in [3.8, 4) is 0 Å². The van der Waals surface area contributed by atoms with Gasteiger partial charge in [0, 0.05) is 16.3 Å². The van der Waals surface area contributed by atoms with E-state index in [1.807, 2.05) is 11.3 Å². The molecule has 0 saturated carbocycles. The van der Waals surface area contributed by atoms with Crippen molar-refractivity contribution in [2.24, 2.45) is 5.92 Å². The summed E-state index contributed by atoms with van der Waals surface area (Å²) in [6, 6.07) is 4.38. The van der Waals surface area contributed by atoms with Crippen LogP contribution in [-0.2, 0) is 17.9 Å². The molecular formula is C14H25NOS. The summed E-state index contributed by atoms with van der Waals surface area (Å²) in [4.78, 5) is 2.72. The Hall–Kier alpha value is -0.380. The molecule has 0 aliphatic rings. The van der Waals surface area contributed by atoms with Crippen LogP contribution in [0.5, 0.6) is 0 Å². The van der Waals surface area contributed by atoms with Crippen molar-refractivity contribution in [2.45, 2.75) is 53.4 Å². The van der Waals surface area contributed by atoms with Gasteiger partial charge in [0.15, 0.2) is 0 Å². The maximum atomic E-state index is 5.72. The van der Waals surface area contributed by atoms with Gasteiger partial charge in [-0.15, -0.1) is 11.3 Å². The fourth-order valence-electron chi connectivity index (χ4n) is 1.42. The molecule has 3 heteroatoms. The summed E-state index contributed by atoms with van der Waals surface area (Å²) >= 11 is 1.85. The minimum Gasteiger partial charge on any atom is -0.373 e. The summed E-state index contributed by atoms with van der Waals surface area (Å²) < 4.78 is 5.72. The van der Waals surface area contributed by atoms with E-state index in [9.17, 15) is 0 Å². The van der Waals surface area contributed by atoms with E-state index in [2.05, 4.69) is 45.1 Å². The summed E-state index contributed by atoms with van der Waals surface area (Å²) in [5.41, 5.74) is 0. The van der Waals surface area contributed by atoms with Crippen LogP contribution in [-0.4, -0.2) is 12.6 Å². The molecule has 1 heterocycles. The maximum absolute atomic E-state index is 5.72. The highest BCUT2D eigenvalue weighted by atomic mass is 32.1. The van der Waals surface area contributed by atoms with Crippen molar-refractivity contribution in [3.05, 3.63) is 21.9 Å². The smallest absolute Gasteiger partial charge is 0.0813 e. The molecule has 0 aliphatic heterocycles. The van der Waals surface area contributed by atoms with Crippen LogP contribution in [0.3, 0.4) is 0 Å². The quantitative estimate of drug-likeness (QED) is 0.762. The van der Waals surface area contributed by atoms with Gasteiger partial charge in [-0.2, -0.15) is 0 Å². The third-order valence-corrected chi connectivity index (χ3v) is 3.71. The Morgan fingerprint density at radius 3 is 2.59 bits per heavy atom. The van der Waals surface area contributed by atoms with Gasteiger partial charge in [-0.05, 0) is 37.9 Å². The van der Waals surface area contributed by atoms with Crippen molar-refractivity contribution in [1.29, 1.82) is 0 Å². The molecular weight excluding hydrogens is 230 g/mol. The number of thiophene rings is 1. The molecule has 0 spiro atoms. The van der Waals surface area contributed by atoms with E-state index >= 15 is 0 Å². The van der Waals surface area contributed by atoms with Crippen LogP contribution >= 0.6 is 11.3 Å². The minimum absolute atomic E-state index is 0.361. The first-order valence-corrected chi connectivity index (χ1v) is 7.33. The van der Waals surface area contributed by atoms with Gasteiger partial charge in [0.1, 0.15) is 0 Å².